The van der Waals surface area contributed by atoms with E-state index < -0.39 is 10.0 Å². The molecule has 1 aliphatic heterocycles. The molecule has 2 heterocycles. The Morgan fingerprint density at radius 1 is 1.39 bits per heavy atom. The highest BCUT2D eigenvalue weighted by Crippen LogP contribution is 2.33. The van der Waals surface area contributed by atoms with Gasteiger partial charge in [-0.25, -0.2) is 13.1 Å². The van der Waals surface area contributed by atoms with Crippen molar-refractivity contribution in [3.05, 3.63) is 47.2 Å². The highest BCUT2D eigenvalue weighted by molar-refractivity contribution is 7.89. The van der Waals surface area contributed by atoms with Crippen LogP contribution in [0.1, 0.15) is 24.5 Å². The van der Waals surface area contributed by atoms with Gasteiger partial charge in [0.2, 0.25) is 10.0 Å². The van der Waals surface area contributed by atoms with Crippen LogP contribution in [0.5, 0.6) is 0 Å². The molecular formula is C15H18ClN3O3S. The summed E-state index contributed by atoms with van der Waals surface area (Å²) in [5, 5.41) is 6.92. The van der Waals surface area contributed by atoms with E-state index in [1.165, 1.54) is 6.07 Å². The first-order chi connectivity index (χ1) is 11.1. The fourth-order valence-electron chi connectivity index (χ4n) is 2.79. The summed E-state index contributed by atoms with van der Waals surface area (Å²) in [6.07, 6.45) is 5.14. The minimum absolute atomic E-state index is 0.0543. The van der Waals surface area contributed by atoms with Crippen LogP contribution in [-0.2, 0) is 14.8 Å². The number of aromatic amines is 1. The number of rotatable bonds is 5. The van der Waals surface area contributed by atoms with Crippen LogP contribution >= 0.6 is 11.6 Å². The second kappa shape index (κ2) is 7.00. The summed E-state index contributed by atoms with van der Waals surface area (Å²) in [5.74, 6) is 0.0543. The molecule has 0 unspecified atom stereocenters. The lowest BCUT2D eigenvalue weighted by Crippen LogP contribution is -2.35. The number of H-pyrrole nitrogens is 1. The number of halogens is 1. The molecule has 3 rings (SSSR count). The third-order valence-corrected chi connectivity index (χ3v) is 5.88. The first-order valence-corrected chi connectivity index (χ1v) is 9.28. The van der Waals surface area contributed by atoms with Gasteiger partial charge in [0.05, 0.1) is 17.3 Å². The first kappa shape index (κ1) is 16.4. The van der Waals surface area contributed by atoms with Crippen molar-refractivity contribution < 1.29 is 13.2 Å². The number of aromatic nitrogens is 2. The summed E-state index contributed by atoms with van der Waals surface area (Å²) in [5.41, 5.74) is 0.937. The average molecular weight is 356 g/mol. The third-order valence-electron chi connectivity index (χ3n) is 3.95. The SMILES string of the molecule is O=S(=O)(NC[C@@H]1CCCO[C@H]1c1cn[nH]c1)c1ccccc1Cl. The number of hydrogen-bond donors (Lipinski definition) is 2. The average Bonchev–Trinajstić information content (AvgIpc) is 3.08. The molecule has 23 heavy (non-hydrogen) atoms. The Bertz CT molecular complexity index is 749. The molecule has 0 spiro atoms. The van der Waals surface area contributed by atoms with Crippen molar-refractivity contribution in [3.8, 4) is 0 Å². The van der Waals surface area contributed by atoms with E-state index in [0.717, 1.165) is 18.4 Å². The van der Waals surface area contributed by atoms with Gasteiger partial charge < -0.3 is 4.74 Å². The Morgan fingerprint density at radius 3 is 2.96 bits per heavy atom. The molecule has 2 N–H and O–H groups in total. The summed E-state index contributed by atoms with van der Waals surface area (Å²) < 4.78 is 33.3. The van der Waals surface area contributed by atoms with Crippen LogP contribution in [-0.4, -0.2) is 31.8 Å². The van der Waals surface area contributed by atoms with Crippen LogP contribution in [0.15, 0.2) is 41.6 Å². The van der Waals surface area contributed by atoms with Crippen molar-refractivity contribution in [1.82, 2.24) is 14.9 Å². The lowest BCUT2D eigenvalue weighted by atomic mass is 9.91. The quantitative estimate of drug-likeness (QED) is 0.863. The molecule has 124 valence electrons. The van der Waals surface area contributed by atoms with Crippen LogP contribution in [0.3, 0.4) is 0 Å². The van der Waals surface area contributed by atoms with Gasteiger partial charge in [-0.05, 0) is 25.0 Å². The molecule has 2 aromatic rings. The highest BCUT2D eigenvalue weighted by atomic mass is 35.5. The predicted octanol–water partition coefficient (Wildman–Crippen LogP) is 2.51. The van der Waals surface area contributed by atoms with Crippen molar-refractivity contribution in [2.45, 2.75) is 23.8 Å². The van der Waals surface area contributed by atoms with E-state index in [4.69, 9.17) is 16.3 Å². The molecule has 8 heteroatoms. The van der Waals surface area contributed by atoms with Crippen LogP contribution in [0.2, 0.25) is 5.02 Å². The number of sulfonamides is 1. The summed E-state index contributed by atoms with van der Waals surface area (Å²) in [6, 6.07) is 6.41. The van der Waals surface area contributed by atoms with E-state index in [2.05, 4.69) is 14.9 Å². The van der Waals surface area contributed by atoms with Gasteiger partial charge in [-0.1, -0.05) is 23.7 Å². The van der Waals surface area contributed by atoms with Crippen LogP contribution in [0, 0.1) is 5.92 Å². The van der Waals surface area contributed by atoms with E-state index in [-0.39, 0.29) is 21.9 Å². The molecule has 1 aromatic carbocycles. The van der Waals surface area contributed by atoms with Crippen molar-refractivity contribution in [1.29, 1.82) is 0 Å². The summed E-state index contributed by atoms with van der Waals surface area (Å²) in [7, 11) is -3.64. The van der Waals surface area contributed by atoms with Gasteiger partial charge in [0.15, 0.2) is 0 Å². The Kier molecular flexibility index (Phi) is 5.01. The summed E-state index contributed by atoms with van der Waals surface area (Å²) in [4.78, 5) is 0.0956. The normalized spacial score (nSPS) is 22.1. The Morgan fingerprint density at radius 2 is 2.22 bits per heavy atom. The minimum Gasteiger partial charge on any atom is -0.373 e. The van der Waals surface area contributed by atoms with Crippen molar-refractivity contribution >= 4 is 21.6 Å². The van der Waals surface area contributed by atoms with Gasteiger partial charge in [0.25, 0.3) is 0 Å². The van der Waals surface area contributed by atoms with Gasteiger partial charge in [-0.2, -0.15) is 5.10 Å². The van der Waals surface area contributed by atoms with E-state index in [9.17, 15) is 8.42 Å². The molecule has 0 saturated carbocycles. The van der Waals surface area contributed by atoms with E-state index in [1.54, 1.807) is 30.6 Å². The molecule has 0 amide bonds. The molecular weight excluding hydrogens is 338 g/mol. The molecule has 1 fully saturated rings. The lowest BCUT2D eigenvalue weighted by molar-refractivity contribution is -0.0262. The van der Waals surface area contributed by atoms with E-state index >= 15 is 0 Å². The third kappa shape index (κ3) is 3.74. The maximum Gasteiger partial charge on any atom is 0.242 e. The number of nitrogens with zero attached hydrogens (tertiary/aromatic N) is 1. The predicted molar refractivity (Wildman–Crippen MR) is 86.6 cm³/mol. The maximum atomic E-state index is 12.4. The zero-order chi connectivity index (χ0) is 16.3. The number of nitrogens with one attached hydrogen (secondary N) is 2. The largest absolute Gasteiger partial charge is 0.373 e. The smallest absolute Gasteiger partial charge is 0.242 e. The van der Waals surface area contributed by atoms with Crippen LogP contribution in [0.4, 0.5) is 0 Å². The second-order valence-corrected chi connectivity index (χ2v) is 7.65. The molecule has 1 saturated heterocycles. The van der Waals surface area contributed by atoms with Gasteiger partial charge in [0, 0.05) is 30.8 Å². The Labute approximate surface area is 140 Å². The molecule has 0 radical (unpaired) electrons. The first-order valence-electron chi connectivity index (χ1n) is 7.42. The molecule has 0 aliphatic carbocycles. The maximum absolute atomic E-state index is 12.4. The van der Waals surface area contributed by atoms with E-state index in [1.807, 2.05) is 0 Å². The van der Waals surface area contributed by atoms with Gasteiger partial charge in [-0.15, -0.1) is 0 Å². The standard InChI is InChI=1S/C15H18ClN3O3S/c16-13-5-1-2-6-14(13)23(20,21)19-10-11-4-3-7-22-15(11)12-8-17-18-9-12/h1-2,5-6,8-9,11,15,19H,3-4,7,10H2,(H,17,18)/t11-,15+/m0/s1. The minimum atomic E-state index is -3.64. The fraction of sp³-hybridized carbons (Fsp3) is 0.400. The zero-order valence-corrected chi connectivity index (χ0v) is 14.0. The Balaban J connectivity index is 1.72. The van der Waals surface area contributed by atoms with Crippen molar-refractivity contribution in [2.24, 2.45) is 5.92 Å². The van der Waals surface area contributed by atoms with Crippen LogP contribution in [0.25, 0.3) is 0 Å². The summed E-state index contributed by atoms with van der Waals surface area (Å²) >= 11 is 5.98. The molecule has 0 bridgehead atoms. The molecule has 1 aliphatic rings. The number of benzene rings is 1. The highest BCUT2D eigenvalue weighted by Gasteiger charge is 2.29. The number of ether oxygens (including phenoxy) is 1. The van der Waals surface area contributed by atoms with E-state index in [0.29, 0.717) is 13.2 Å². The van der Waals surface area contributed by atoms with Gasteiger partial charge in [0.1, 0.15) is 4.90 Å². The van der Waals surface area contributed by atoms with Gasteiger partial charge >= 0.3 is 0 Å². The monoisotopic (exact) mass is 355 g/mol. The van der Waals surface area contributed by atoms with Crippen LogP contribution < -0.4 is 4.72 Å². The Hall–Kier alpha value is -1.41. The number of hydrogen-bond acceptors (Lipinski definition) is 4. The summed E-state index contributed by atoms with van der Waals surface area (Å²) in [6.45, 7) is 0.965. The second-order valence-electron chi connectivity index (χ2n) is 5.51. The molecule has 1 aromatic heterocycles. The fourth-order valence-corrected chi connectivity index (χ4v) is 4.41. The lowest BCUT2D eigenvalue weighted by Gasteiger charge is -2.31. The van der Waals surface area contributed by atoms with Gasteiger partial charge in [-0.3, -0.25) is 5.10 Å². The zero-order valence-electron chi connectivity index (χ0n) is 12.4. The molecule has 6 nitrogen and oxygen atoms in total. The topological polar surface area (TPSA) is 84.1 Å². The molecule has 2 atom stereocenters. The van der Waals surface area contributed by atoms with Crippen molar-refractivity contribution in [2.75, 3.05) is 13.2 Å². The van der Waals surface area contributed by atoms with Crippen molar-refractivity contribution in [3.63, 3.8) is 0 Å².